The van der Waals surface area contributed by atoms with Crippen LogP contribution in [0, 0.1) is 0 Å². The summed E-state index contributed by atoms with van der Waals surface area (Å²) in [5, 5.41) is 13.1. The average molecular weight is 255 g/mol. The number of ether oxygens (including phenoxy) is 3. The van der Waals surface area contributed by atoms with Gasteiger partial charge in [-0.25, -0.2) is 0 Å². The molecule has 5 nitrogen and oxygen atoms in total. The molecular weight excluding hydrogens is 234 g/mol. The van der Waals surface area contributed by atoms with Crippen LogP contribution in [0.15, 0.2) is 12.1 Å². The van der Waals surface area contributed by atoms with Gasteiger partial charge in [0, 0.05) is 24.8 Å². The summed E-state index contributed by atoms with van der Waals surface area (Å²) in [7, 11) is 6.56. The Morgan fingerprint density at radius 3 is 2.28 bits per heavy atom. The molecule has 18 heavy (non-hydrogen) atoms. The first-order valence-corrected chi connectivity index (χ1v) is 5.74. The number of aliphatic hydroxyl groups is 1. The maximum absolute atomic E-state index is 10.2. The highest BCUT2D eigenvalue weighted by Crippen LogP contribution is 2.35. The van der Waals surface area contributed by atoms with Gasteiger partial charge < -0.3 is 24.6 Å². The number of rotatable bonds is 7. The maximum Gasteiger partial charge on any atom is 0.125 e. The summed E-state index contributed by atoms with van der Waals surface area (Å²) in [6, 6.07) is 3.59. The van der Waals surface area contributed by atoms with E-state index in [4.69, 9.17) is 14.2 Å². The van der Waals surface area contributed by atoms with Gasteiger partial charge in [0.15, 0.2) is 0 Å². The zero-order valence-corrected chi connectivity index (χ0v) is 11.3. The van der Waals surface area contributed by atoms with Gasteiger partial charge in [-0.3, -0.25) is 0 Å². The predicted molar refractivity (Wildman–Crippen MR) is 69.1 cm³/mol. The molecular formula is C13H21NO4. The van der Waals surface area contributed by atoms with E-state index in [0.717, 1.165) is 5.56 Å². The highest BCUT2D eigenvalue weighted by molar-refractivity contribution is 5.49. The van der Waals surface area contributed by atoms with Crippen molar-refractivity contribution in [1.29, 1.82) is 0 Å². The summed E-state index contributed by atoms with van der Waals surface area (Å²) in [5.41, 5.74) is 1.51. The molecule has 0 amide bonds. The highest BCUT2D eigenvalue weighted by atomic mass is 16.5. The van der Waals surface area contributed by atoms with Crippen LogP contribution in [0.2, 0.25) is 0 Å². The third kappa shape index (κ3) is 3.13. The Kier molecular flexibility index (Phi) is 5.91. The third-order valence-electron chi connectivity index (χ3n) is 2.73. The summed E-state index contributed by atoms with van der Waals surface area (Å²) in [6.07, 6.45) is -0.676. The summed E-state index contributed by atoms with van der Waals surface area (Å²) < 4.78 is 15.8. The normalized spacial score (nSPS) is 12.3. The fraction of sp³-hybridized carbons (Fsp3) is 0.538. The lowest BCUT2D eigenvalue weighted by atomic mass is 10.00. The lowest BCUT2D eigenvalue weighted by molar-refractivity contribution is 0.155. The van der Waals surface area contributed by atoms with E-state index >= 15 is 0 Å². The van der Waals surface area contributed by atoms with Crippen molar-refractivity contribution in [2.45, 2.75) is 12.7 Å². The van der Waals surface area contributed by atoms with Crippen molar-refractivity contribution in [3.8, 4) is 11.5 Å². The van der Waals surface area contributed by atoms with Crippen LogP contribution in [0.3, 0.4) is 0 Å². The first kappa shape index (κ1) is 14.8. The van der Waals surface area contributed by atoms with E-state index in [1.807, 2.05) is 6.07 Å². The Balaban J connectivity index is 3.29. The second-order valence-electron chi connectivity index (χ2n) is 3.87. The average Bonchev–Trinajstić information content (AvgIpc) is 2.38. The first-order chi connectivity index (χ1) is 8.69. The van der Waals surface area contributed by atoms with Crippen LogP contribution >= 0.6 is 0 Å². The molecule has 0 radical (unpaired) electrons. The quantitative estimate of drug-likeness (QED) is 0.764. The fourth-order valence-corrected chi connectivity index (χ4v) is 1.95. The molecule has 0 saturated carbocycles. The van der Waals surface area contributed by atoms with Crippen LogP contribution < -0.4 is 14.8 Å². The molecule has 102 valence electrons. The van der Waals surface area contributed by atoms with Crippen LogP contribution in [-0.4, -0.2) is 40.0 Å². The van der Waals surface area contributed by atoms with E-state index in [0.29, 0.717) is 30.2 Å². The number of hydrogen-bond acceptors (Lipinski definition) is 5. The van der Waals surface area contributed by atoms with Gasteiger partial charge in [-0.1, -0.05) is 0 Å². The van der Waals surface area contributed by atoms with Crippen molar-refractivity contribution in [2.24, 2.45) is 0 Å². The Morgan fingerprint density at radius 1 is 1.17 bits per heavy atom. The van der Waals surface area contributed by atoms with Crippen LogP contribution in [0.25, 0.3) is 0 Å². The van der Waals surface area contributed by atoms with Crippen LogP contribution in [0.1, 0.15) is 17.2 Å². The third-order valence-corrected chi connectivity index (χ3v) is 2.73. The van der Waals surface area contributed by atoms with Gasteiger partial charge in [0.1, 0.15) is 11.5 Å². The van der Waals surface area contributed by atoms with E-state index in [-0.39, 0.29) is 0 Å². The number of methoxy groups -OCH3 is 3. The molecule has 0 aliphatic heterocycles. The monoisotopic (exact) mass is 255 g/mol. The predicted octanol–water partition coefficient (Wildman–Crippen LogP) is 1.10. The largest absolute Gasteiger partial charge is 0.496 e. The van der Waals surface area contributed by atoms with E-state index < -0.39 is 6.10 Å². The van der Waals surface area contributed by atoms with Gasteiger partial charge in [-0.05, 0) is 19.2 Å². The van der Waals surface area contributed by atoms with E-state index in [9.17, 15) is 5.11 Å². The van der Waals surface area contributed by atoms with Gasteiger partial charge in [0.25, 0.3) is 0 Å². The lowest BCUT2D eigenvalue weighted by Crippen LogP contribution is -2.19. The Hall–Kier alpha value is -1.30. The molecule has 1 rings (SSSR count). The first-order valence-electron chi connectivity index (χ1n) is 5.74. The molecule has 0 fully saturated rings. The summed E-state index contributed by atoms with van der Waals surface area (Å²) in [6.45, 7) is 0.788. The lowest BCUT2D eigenvalue weighted by Gasteiger charge is -2.20. The molecule has 2 N–H and O–H groups in total. The maximum atomic E-state index is 10.2. The fourth-order valence-electron chi connectivity index (χ4n) is 1.95. The topological polar surface area (TPSA) is 60.0 Å². The number of benzene rings is 1. The zero-order chi connectivity index (χ0) is 13.5. The Labute approximate surface area is 108 Å². The van der Waals surface area contributed by atoms with Gasteiger partial charge in [-0.2, -0.15) is 0 Å². The molecule has 5 heteroatoms. The van der Waals surface area contributed by atoms with Crippen LogP contribution in [0.5, 0.6) is 11.5 Å². The van der Waals surface area contributed by atoms with Crippen molar-refractivity contribution in [3.05, 3.63) is 23.3 Å². The van der Waals surface area contributed by atoms with E-state index in [1.54, 1.807) is 34.4 Å². The minimum atomic E-state index is -0.676. The molecule has 1 unspecified atom stereocenters. The number of likely N-dealkylation sites (N-methyl/N-ethyl adjacent to an activating group) is 1. The van der Waals surface area contributed by atoms with E-state index in [2.05, 4.69) is 5.32 Å². The van der Waals surface area contributed by atoms with Crippen molar-refractivity contribution in [2.75, 3.05) is 34.9 Å². The highest BCUT2D eigenvalue weighted by Gasteiger charge is 2.20. The number of aliphatic hydroxyl groups excluding tert-OH is 1. The summed E-state index contributed by atoms with van der Waals surface area (Å²) >= 11 is 0. The molecule has 0 aliphatic rings. The second kappa shape index (κ2) is 7.20. The van der Waals surface area contributed by atoms with Gasteiger partial charge >= 0.3 is 0 Å². The second-order valence-corrected chi connectivity index (χ2v) is 3.87. The summed E-state index contributed by atoms with van der Waals surface area (Å²) in [4.78, 5) is 0. The Morgan fingerprint density at radius 2 is 1.78 bits per heavy atom. The van der Waals surface area contributed by atoms with Gasteiger partial charge in [0.2, 0.25) is 0 Å². The van der Waals surface area contributed by atoms with Gasteiger partial charge in [-0.15, -0.1) is 0 Å². The van der Waals surface area contributed by atoms with Crippen molar-refractivity contribution in [3.63, 3.8) is 0 Å². The van der Waals surface area contributed by atoms with Crippen molar-refractivity contribution in [1.82, 2.24) is 5.32 Å². The molecule has 0 spiro atoms. The van der Waals surface area contributed by atoms with Crippen molar-refractivity contribution >= 4 is 0 Å². The van der Waals surface area contributed by atoms with E-state index in [1.165, 1.54) is 0 Å². The smallest absolute Gasteiger partial charge is 0.125 e. The zero-order valence-electron chi connectivity index (χ0n) is 11.3. The SMILES string of the molecule is CNCC(O)c1c(OC)ccc(OC)c1COC. The van der Waals surface area contributed by atoms with Crippen molar-refractivity contribution < 1.29 is 19.3 Å². The molecule has 0 heterocycles. The molecule has 0 saturated heterocycles. The minimum absolute atomic E-state index is 0.358. The minimum Gasteiger partial charge on any atom is -0.496 e. The molecule has 0 bridgehead atoms. The van der Waals surface area contributed by atoms with Crippen LogP contribution in [-0.2, 0) is 11.3 Å². The number of hydrogen-bond donors (Lipinski definition) is 2. The number of nitrogens with one attached hydrogen (secondary N) is 1. The van der Waals surface area contributed by atoms with Gasteiger partial charge in [0.05, 0.1) is 26.9 Å². The molecule has 1 atom stereocenters. The standard InChI is InChI=1S/C13H21NO4/c1-14-7-10(15)13-9(8-16-2)11(17-3)5-6-12(13)18-4/h5-6,10,14-15H,7-8H2,1-4H3. The molecule has 1 aromatic carbocycles. The molecule has 0 aliphatic carbocycles. The van der Waals surface area contributed by atoms with Crippen LogP contribution in [0.4, 0.5) is 0 Å². The molecule has 0 aromatic heterocycles. The Bertz CT molecular complexity index is 381. The summed E-state index contributed by atoms with van der Waals surface area (Å²) in [5.74, 6) is 1.31. The molecule has 1 aromatic rings.